The third-order valence-corrected chi connectivity index (χ3v) is 4.37. The van der Waals surface area contributed by atoms with Crippen molar-refractivity contribution in [2.45, 2.75) is 63.5 Å². The fraction of sp³-hybridized carbons (Fsp3) is 0.550. The minimum Gasteiger partial charge on any atom is -0.494 e. The zero-order chi connectivity index (χ0) is 19.9. The van der Waals surface area contributed by atoms with Crippen molar-refractivity contribution < 1.29 is 19.4 Å². The molecule has 6 nitrogen and oxygen atoms in total. The molecular weight excluding hydrogens is 364 g/mol. The number of fused-ring (bicyclic) bond motifs is 1. The maximum Gasteiger partial charge on any atom is 0.303 e. The summed E-state index contributed by atoms with van der Waals surface area (Å²) in [5, 5.41) is 13.0. The summed E-state index contributed by atoms with van der Waals surface area (Å²) in [6, 6.07) is 5.84. The predicted octanol–water partition coefficient (Wildman–Crippen LogP) is 3.58. The summed E-state index contributed by atoms with van der Waals surface area (Å²) in [5.74, 6) is -0.224. The standard InChI is InChI=1S/C20H28N2O4S/c1-20(2,27)13-18(23)22-21-17-7-4-3-6-14-12-15(9-10-16(14)17)26-11-5-8-19(24)25/h9-10,12,27H,3-8,11,13H2,1-2H3,(H,22,23)(H,24,25). The molecule has 0 saturated carbocycles. The molecular formula is C20H28N2O4S. The van der Waals surface area contributed by atoms with Gasteiger partial charge in [-0.15, -0.1) is 0 Å². The molecule has 0 aromatic heterocycles. The Kier molecular flexibility index (Phi) is 7.71. The number of nitrogens with one attached hydrogen (secondary N) is 1. The Morgan fingerprint density at radius 3 is 2.74 bits per heavy atom. The van der Waals surface area contributed by atoms with Gasteiger partial charge in [-0.05, 0) is 55.9 Å². The van der Waals surface area contributed by atoms with Crippen LogP contribution in [0.15, 0.2) is 23.3 Å². The van der Waals surface area contributed by atoms with E-state index >= 15 is 0 Å². The molecule has 1 aromatic rings. The van der Waals surface area contributed by atoms with Gasteiger partial charge in [0.15, 0.2) is 0 Å². The lowest BCUT2D eigenvalue weighted by atomic mass is 10.0. The number of hydrogen-bond donors (Lipinski definition) is 3. The fourth-order valence-electron chi connectivity index (χ4n) is 2.98. The van der Waals surface area contributed by atoms with Crippen molar-refractivity contribution >= 4 is 30.2 Å². The Bertz CT molecular complexity index is 710. The number of hydrazone groups is 1. The topological polar surface area (TPSA) is 88.0 Å². The van der Waals surface area contributed by atoms with Crippen LogP contribution in [0.1, 0.15) is 63.5 Å². The van der Waals surface area contributed by atoms with E-state index in [9.17, 15) is 9.59 Å². The predicted molar refractivity (Wildman–Crippen MR) is 109 cm³/mol. The fourth-order valence-corrected chi connectivity index (χ4v) is 3.13. The molecule has 0 atom stereocenters. The second-order valence-corrected chi connectivity index (χ2v) is 8.67. The van der Waals surface area contributed by atoms with E-state index in [1.165, 1.54) is 0 Å². The second kappa shape index (κ2) is 9.78. The molecule has 0 bridgehead atoms. The lowest BCUT2D eigenvalue weighted by molar-refractivity contribution is -0.137. The quantitative estimate of drug-likeness (QED) is 0.273. The van der Waals surface area contributed by atoms with Crippen LogP contribution < -0.4 is 10.2 Å². The Hall–Kier alpha value is -2.02. The highest BCUT2D eigenvalue weighted by molar-refractivity contribution is 7.81. The van der Waals surface area contributed by atoms with E-state index < -0.39 is 5.97 Å². The van der Waals surface area contributed by atoms with E-state index in [2.05, 4.69) is 23.2 Å². The number of aliphatic carboxylic acids is 1. The summed E-state index contributed by atoms with van der Waals surface area (Å²) in [6.45, 7) is 4.16. The minimum atomic E-state index is -0.815. The SMILES string of the molecule is CC(C)(S)CC(=O)NN=C1CCCCc2cc(OCCCC(=O)O)ccc21. The number of thiol groups is 1. The minimum absolute atomic E-state index is 0.102. The maximum atomic E-state index is 12.0. The summed E-state index contributed by atoms with van der Waals surface area (Å²) in [4.78, 5) is 22.6. The monoisotopic (exact) mass is 392 g/mol. The molecule has 0 heterocycles. The van der Waals surface area contributed by atoms with Gasteiger partial charge in [0.25, 0.3) is 0 Å². The number of carboxylic acids is 1. The first-order valence-electron chi connectivity index (χ1n) is 9.30. The van der Waals surface area contributed by atoms with Gasteiger partial charge in [-0.2, -0.15) is 17.7 Å². The number of carboxylic acid groups (broad SMARTS) is 1. The summed E-state index contributed by atoms with van der Waals surface area (Å²) in [7, 11) is 0. The van der Waals surface area contributed by atoms with Crippen LogP contribution in [0.5, 0.6) is 5.75 Å². The van der Waals surface area contributed by atoms with Gasteiger partial charge >= 0.3 is 5.97 Å². The lowest BCUT2D eigenvalue weighted by Crippen LogP contribution is -2.27. The van der Waals surface area contributed by atoms with Crippen molar-refractivity contribution in [2.75, 3.05) is 6.61 Å². The molecule has 0 unspecified atom stereocenters. The summed E-state index contributed by atoms with van der Waals surface area (Å²) in [5.41, 5.74) is 5.72. The average Bonchev–Trinajstić information content (AvgIpc) is 2.77. The maximum absolute atomic E-state index is 12.0. The highest BCUT2D eigenvalue weighted by Crippen LogP contribution is 2.25. The zero-order valence-corrected chi connectivity index (χ0v) is 16.8. The van der Waals surface area contributed by atoms with E-state index in [1.54, 1.807) is 0 Å². The highest BCUT2D eigenvalue weighted by Gasteiger charge is 2.18. The number of benzene rings is 1. The number of carbonyl (C=O) groups is 2. The van der Waals surface area contributed by atoms with Gasteiger partial charge in [0, 0.05) is 23.2 Å². The first-order valence-corrected chi connectivity index (χ1v) is 9.75. The number of carbonyl (C=O) groups excluding carboxylic acids is 1. The number of rotatable bonds is 8. The van der Waals surface area contributed by atoms with Crippen LogP contribution in [-0.2, 0) is 16.0 Å². The number of ether oxygens (including phenoxy) is 1. The van der Waals surface area contributed by atoms with E-state index in [4.69, 9.17) is 9.84 Å². The van der Waals surface area contributed by atoms with Crippen molar-refractivity contribution in [2.24, 2.45) is 5.10 Å². The van der Waals surface area contributed by atoms with Gasteiger partial charge in [-0.1, -0.05) is 13.8 Å². The average molecular weight is 393 g/mol. The largest absolute Gasteiger partial charge is 0.494 e. The molecule has 1 aliphatic carbocycles. The van der Waals surface area contributed by atoms with Crippen molar-refractivity contribution in [3.05, 3.63) is 29.3 Å². The van der Waals surface area contributed by atoms with Crippen LogP contribution in [0, 0.1) is 0 Å². The van der Waals surface area contributed by atoms with Crippen LogP contribution >= 0.6 is 12.6 Å². The van der Waals surface area contributed by atoms with Crippen molar-refractivity contribution in [3.63, 3.8) is 0 Å². The molecule has 0 fully saturated rings. The molecule has 1 aromatic carbocycles. The van der Waals surface area contributed by atoms with E-state index in [0.29, 0.717) is 19.4 Å². The molecule has 7 heteroatoms. The molecule has 0 radical (unpaired) electrons. The van der Waals surface area contributed by atoms with Crippen LogP contribution in [0.3, 0.4) is 0 Å². The first-order chi connectivity index (χ1) is 12.7. The van der Waals surface area contributed by atoms with Gasteiger partial charge in [0.05, 0.1) is 12.3 Å². The van der Waals surface area contributed by atoms with Gasteiger partial charge < -0.3 is 9.84 Å². The van der Waals surface area contributed by atoms with Gasteiger partial charge in [-0.25, -0.2) is 5.43 Å². The molecule has 1 amide bonds. The first kappa shape index (κ1) is 21.3. The second-order valence-electron chi connectivity index (χ2n) is 7.45. The van der Waals surface area contributed by atoms with Crippen molar-refractivity contribution in [3.8, 4) is 5.75 Å². The number of amides is 1. The smallest absolute Gasteiger partial charge is 0.303 e. The summed E-state index contributed by atoms with van der Waals surface area (Å²) in [6.07, 6.45) is 4.68. The van der Waals surface area contributed by atoms with Gasteiger partial charge in [0.2, 0.25) is 5.91 Å². The third kappa shape index (κ3) is 7.62. The van der Waals surface area contributed by atoms with E-state index in [-0.39, 0.29) is 17.1 Å². The Morgan fingerprint density at radius 2 is 2.04 bits per heavy atom. The number of nitrogens with zero attached hydrogens (tertiary/aromatic N) is 1. The molecule has 0 saturated heterocycles. The lowest BCUT2D eigenvalue weighted by Gasteiger charge is -2.15. The Labute approximate surface area is 165 Å². The molecule has 1 aliphatic rings. The molecule has 148 valence electrons. The molecule has 2 rings (SSSR count). The molecule has 2 N–H and O–H groups in total. The van der Waals surface area contributed by atoms with E-state index in [0.717, 1.165) is 48.3 Å². The highest BCUT2D eigenvalue weighted by atomic mass is 32.1. The molecule has 27 heavy (non-hydrogen) atoms. The normalized spacial score (nSPS) is 15.7. The van der Waals surface area contributed by atoms with Crippen LogP contribution in [-0.4, -0.2) is 34.0 Å². The van der Waals surface area contributed by atoms with Crippen molar-refractivity contribution in [1.82, 2.24) is 5.43 Å². The number of aryl methyl sites for hydroxylation is 1. The van der Waals surface area contributed by atoms with E-state index in [1.807, 2.05) is 32.0 Å². The van der Waals surface area contributed by atoms with Crippen LogP contribution in [0.2, 0.25) is 0 Å². The summed E-state index contributed by atoms with van der Waals surface area (Å²) < 4.78 is 5.29. The summed E-state index contributed by atoms with van der Waals surface area (Å²) >= 11 is 4.38. The van der Waals surface area contributed by atoms with Crippen LogP contribution in [0.25, 0.3) is 0 Å². The Balaban J connectivity index is 2.05. The molecule has 0 spiro atoms. The van der Waals surface area contributed by atoms with Gasteiger partial charge in [0.1, 0.15) is 5.75 Å². The number of hydrogen-bond acceptors (Lipinski definition) is 5. The van der Waals surface area contributed by atoms with Crippen molar-refractivity contribution in [1.29, 1.82) is 0 Å². The van der Waals surface area contributed by atoms with Gasteiger partial charge in [-0.3, -0.25) is 9.59 Å². The van der Waals surface area contributed by atoms with Crippen LogP contribution in [0.4, 0.5) is 0 Å². The third-order valence-electron chi connectivity index (χ3n) is 4.21. The molecule has 0 aliphatic heterocycles. The Morgan fingerprint density at radius 1 is 1.30 bits per heavy atom. The zero-order valence-electron chi connectivity index (χ0n) is 16.0.